The van der Waals surface area contributed by atoms with Crippen LogP contribution >= 0.6 is 12.6 Å². The Kier molecular flexibility index (Phi) is 0.870. The van der Waals surface area contributed by atoms with E-state index < -0.39 is 0 Å². The zero-order chi connectivity index (χ0) is 4.62. The van der Waals surface area contributed by atoms with Gasteiger partial charge < -0.3 is 0 Å². The van der Waals surface area contributed by atoms with Gasteiger partial charge in [0.05, 0.1) is 0 Å². The molecule has 0 atom stereocenters. The molecule has 1 saturated carbocycles. The summed E-state index contributed by atoms with van der Waals surface area (Å²) in [5.74, 6) is 0. The average molecular weight is 101 g/mol. The molecule has 0 aliphatic heterocycles. The lowest BCUT2D eigenvalue weighted by molar-refractivity contribution is 0.396. The molecule has 1 rings (SSSR count). The van der Waals surface area contributed by atoms with Gasteiger partial charge in [-0.2, -0.15) is 0 Å². The molecule has 0 spiro atoms. The monoisotopic (exact) mass is 101 g/mol. The maximum absolute atomic E-state index is 5.07. The van der Waals surface area contributed by atoms with Gasteiger partial charge in [0, 0.05) is 4.75 Å². The molecule has 6 heavy (non-hydrogen) atoms. The molecule has 0 aromatic rings. The maximum atomic E-state index is 5.07. The van der Waals surface area contributed by atoms with Gasteiger partial charge in [0.1, 0.15) is 0 Å². The minimum absolute atomic E-state index is 0.306. The van der Waals surface area contributed by atoms with Gasteiger partial charge in [0.15, 0.2) is 0 Å². The molecule has 0 heterocycles. The molecule has 35 valence electrons. The predicted molar refractivity (Wildman–Crippen MR) is 29.8 cm³/mol. The fraction of sp³-hybridized carbons (Fsp3) is 1.00. The second-order valence-electron chi connectivity index (χ2n) is 2.30. The minimum Gasteiger partial charge on any atom is -0.0870 e. The van der Waals surface area contributed by atoms with Crippen molar-refractivity contribution >= 4 is 12.6 Å². The van der Waals surface area contributed by atoms with Gasteiger partial charge in [0.25, 0.3) is 0 Å². The van der Waals surface area contributed by atoms with Crippen molar-refractivity contribution in [3.05, 3.63) is 0 Å². The van der Waals surface area contributed by atoms with E-state index in [1.54, 1.807) is 0 Å². The summed E-state index contributed by atoms with van der Waals surface area (Å²) in [6.45, 7) is 2.14. The highest BCUT2D eigenvalue weighted by molar-refractivity contribution is 7.81. The largest absolute Gasteiger partial charge is 0.0870 e. The second-order valence-corrected chi connectivity index (χ2v) is 3.29. The van der Waals surface area contributed by atoms with Gasteiger partial charge in [-0.05, 0) is 19.8 Å². The first-order chi connectivity index (χ1) is 2.71. The fourth-order valence-electron chi connectivity index (χ4n) is 0.675. The molecule has 1 fully saturated rings. The lowest BCUT2D eigenvalue weighted by Crippen LogP contribution is -2.25. The Morgan fingerprint density at radius 1 is 1.50 bits per heavy atom. The van der Waals surface area contributed by atoms with Gasteiger partial charge in [-0.3, -0.25) is 0 Å². The summed E-state index contributed by atoms with van der Waals surface area (Å²) in [4.78, 5) is 0. The first-order valence-electron chi connectivity index (χ1n) is 2.41. The van der Waals surface area contributed by atoms with Crippen molar-refractivity contribution in [2.45, 2.75) is 30.9 Å². The van der Waals surface area contributed by atoms with Gasteiger partial charge in [0.2, 0.25) is 0 Å². The molecule has 0 aromatic heterocycles. The van der Waals surface area contributed by atoms with Crippen molar-refractivity contribution < 1.29 is 0 Å². The van der Waals surface area contributed by atoms with Crippen LogP contribution in [-0.2, 0) is 0 Å². The highest BCUT2D eigenvalue weighted by Crippen LogP contribution is 2.36. The third-order valence-electron chi connectivity index (χ3n) is 1.41. The molecular weight excluding hydrogens is 92.1 g/mol. The van der Waals surface area contributed by atoms with Crippen LogP contribution in [0.15, 0.2) is 0 Å². The summed E-state index contributed by atoms with van der Waals surface area (Å²) in [5, 5.41) is 0. The van der Waals surface area contributed by atoms with Crippen LogP contribution < -0.4 is 0 Å². The van der Waals surface area contributed by atoms with Crippen LogP contribution in [0.3, 0.4) is 0 Å². The zero-order valence-electron chi connectivity index (χ0n) is 4.03. The molecule has 1 radical (unpaired) electrons. The lowest BCUT2D eigenvalue weighted by atomic mass is 9.86. The normalized spacial score (nSPS) is 29.0. The van der Waals surface area contributed by atoms with E-state index in [-0.39, 0.29) is 0 Å². The third-order valence-corrected chi connectivity index (χ3v) is 1.82. The number of rotatable bonds is 0. The second kappa shape index (κ2) is 1.16. The fourth-order valence-corrected chi connectivity index (χ4v) is 0.963. The van der Waals surface area contributed by atoms with E-state index in [0.29, 0.717) is 4.75 Å². The Balaban J connectivity index is 2.31. The standard InChI is InChI=1S/C5H9S/c1-5(6)3-2-4-5/h2-4H2,1H3. The number of hydrogen-bond donors (Lipinski definition) is 0. The first kappa shape index (κ1) is 4.51. The zero-order valence-corrected chi connectivity index (χ0v) is 4.85. The Morgan fingerprint density at radius 2 is 1.83 bits per heavy atom. The van der Waals surface area contributed by atoms with Crippen LogP contribution in [0.5, 0.6) is 0 Å². The van der Waals surface area contributed by atoms with E-state index in [2.05, 4.69) is 6.92 Å². The molecule has 0 unspecified atom stereocenters. The van der Waals surface area contributed by atoms with Gasteiger partial charge in [-0.15, -0.1) is 0 Å². The van der Waals surface area contributed by atoms with E-state index >= 15 is 0 Å². The maximum Gasteiger partial charge on any atom is 0.0235 e. The van der Waals surface area contributed by atoms with Crippen LogP contribution in [0.25, 0.3) is 0 Å². The van der Waals surface area contributed by atoms with Crippen molar-refractivity contribution in [3.8, 4) is 0 Å². The number of hydrogen-bond acceptors (Lipinski definition) is 0. The van der Waals surface area contributed by atoms with Crippen LogP contribution in [0.1, 0.15) is 26.2 Å². The Labute approximate surface area is 44.3 Å². The van der Waals surface area contributed by atoms with Crippen molar-refractivity contribution in [1.29, 1.82) is 0 Å². The lowest BCUT2D eigenvalue weighted by Gasteiger charge is -2.31. The molecular formula is C5H9S. The molecule has 0 aromatic carbocycles. The van der Waals surface area contributed by atoms with Crippen LogP contribution in [0, 0.1) is 0 Å². The molecule has 1 aliphatic rings. The van der Waals surface area contributed by atoms with Crippen LogP contribution in [0.2, 0.25) is 0 Å². The summed E-state index contributed by atoms with van der Waals surface area (Å²) in [5.41, 5.74) is 0. The average Bonchev–Trinajstić information content (AvgIpc) is 1.32. The SMILES string of the molecule is CC1([S])CCC1. The minimum atomic E-state index is 0.306. The van der Waals surface area contributed by atoms with Crippen molar-refractivity contribution in [2.75, 3.05) is 0 Å². The Bertz CT molecular complexity index is 51.0. The molecule has 0 nitrogen and oxygen atoms in total. The molecule has 1 aliphatic carbocycles. The van der Waals surface area contributed by atoms with E-state index in [1.807, 2.05) is 0 Å². The van der Waals surface area contributed by atoms with Crippen LogP contribution in [0.4, 0.5) is 0 Å². The van der Waals surface area contributed by atoms with E-state index in [9.17, 15) is 0 Å². The molecule has 1 heteroatoms. The molecule has 0 saturated heterocycles. The van der Waals surface area contributed by atoms with Crippen molar-refractivity contribution in [3.63, 3.8) is 0 Å². The predicted octanol–water partition coefficient (Wildman–Crippen LogP) is 2.13. The van der Waals surface area contributed by atoms with Crippen molar-refractivity contribution in [2.24, 2.45) is 0 Å². The first-order valence-corrected chi connectivity index (χ1v) is 2.82. The summed E-state index contributed by atoms with van der Waals surface area (Å²) < 4.78 is 0.306. The summed E-state index contributed by atoms with van der Waals surface area (Å²) in [7, 11) is 0. The quantitative estimate of drug-likeness (QED) is 0.438. The van der Waals surface area contributed by atoms with Gasteiger partial charge in [-0.1, -0.05) is 19.0 Å². The summed E-state index contributed by atoms with van der Waals surface area (Å²) >= 11 is 5.07. The topological polar surface area (TPSA) is 0 Å². The van der Waals surface area contributed by atoms with Crippen LogP contribution in [-0.4, -0.2) is 4.75 Å². The Hall–Kier alpha value is 0.350. The van der Waals surface area contributed by atoms with Crippen molar-refractivity contribution in [1.82, 2.24) is 0 Å². The van der Waals surface area contributed by atoms with E-state index in [1.165, 1.54) is 19.3 Å². The van der Waals surface area contributed by atoms with E-state index in [0.717, 1.165) is 0 Å². The van der Waals surface area contributed by atoms with Gasteiger partial charge in [-0.25, -0.2) is 0 Å². The highest BCUT2D eigenvalue weighted by Gasteiger charge is 2.27. The molecule has 0 amide bonds. The Morgan fingerprint density at radius 3 is 1.83 bits per heavy atom. The van der Waals surface area contributed by atoms with E-state index in [4.69, 9.17) is 12.6 Å². The molecule has 0 N–H and O–H groups in total. The summed E-state index contributed by atoms with van der Waals surface area (Å²) in [6, 6.07) is 0. The highest BCUT2D eigenvalue weighted by atomic mass is 32.1. The smallest absolute Gasteiger partial charge is 0.0235 e. The third kappa shape index (κ3) is 0.700. The molecule has 0 bridgehead atoms. The summed E-state index contributed by atoms with van der Waals surface area (Å²) in [6.07, 6.45) is 3.89. The van der Waals surface area contributed by atoms with Gasteiger partial charge >= 0.3 is 0 Å².